The van der Waals surface area contributed by atoms with Gasteiger partial charge in [0.25, 0.3) is 5.91 Å². The van der Waals surface area contributed by atoms with Gasteiger partial charge in [0.2, 0.25) is 0 Å². The molecule has 0 bridgehead atoms. The molecule has 0 unspecified atom stereocenters. The predicted octanol–water partition coefficient (Wildman–Crippen LogP) is 1.36. The zero-order valence-corrected chi connectivity index (χ0v) is 15.7. The first kappa shape index (κ1) is 21.5. The maximum Gasteiger partial charge on any atom is 0.263 e. The van der Waals surface area contributed by atoms with Crippen molar-refractivity contribution in [3.05, 3.63) is 41.6 Å². The van der Waals surface area contributed by atoms with Gasteiger partial charge in [0.15, 0.2) is 0 Å². The lowest BCUT2D eigenvalue weighted by atomic mass is 10.1. The fraction of sp³-hybridized carbons (Fsp3) is 0.474. The third-order valence-corrected chi connectivity index (χ3v) is 3.70. The number of nitrogens with one attached hydrogen (secondary N) is 1. The quantitative estimate of drug-likeness (QED) is 0.447. The van der Waals surface area contributed by atoms with Crippen molar-refractivity contribution in [2.24, 2.45) is 0 Å². The Balaban J connectivity index is 2.57. The summed E-state index contributed by atoms with van der Waals surface area (Å²) in [6, 6.07) is 9.61. The van der Waals surface area contributed by atoms with Gasteiger partial charge in [-0.1, -0.05) is 12.1 Å². The molecule has 0 fully saturated rings. The molecule has 0 aliphatic carbocycles. The number of rotatable bonds is 12. The summed E-state index contributed by atoms with van der Waals surface area (Å²) in [4.78, 5) is 14.1. The molecule has 142 valence electrons. The number of carbonyl (C=O) groups is 1. The van der Waals surface area contributed by atoms with Crippen molar-refractivity contribution in [2.45, 2.75) is 6.42 Å². The fourth-order valence-electron chi connectivity index (χ4n) is 2.19. The highest BCUT2D eigenvalue weighted by Gasteiger charge is 2.11. The van der Waals surface area contributed by atoms with Crippen LogP contribution in [0.1, 0.15) is 5.56 Å². The topological polar surface area (TPSA) is 83.8 Å². The number of nitriles is 1. The van der Waals surface area contributed by atoms with Crippen LogP contribution in [0.5, 0.6) is 5.75 Å². The smallest absolute Gasteiger partial charge is 0.263 e. The van der Waals surface area contributed by atoms with Crippen LogP contribution < -0.4 is 10.1 Å². The molecule has 0 aliphatic heterocycles. The Morgan fingerprint density at radius 3 is 2.27 bits per heavy atom. The Bertz CT molecular complexity index is 600. The third kappa shape index (κ3) is 8.01. The summed E-state index contributed by atoms with van der Waals surface area (Å²) < 4.78 is 15.2. The van der Waals surface area contributed by atoms with Crippen LogP contribution in [0.15, 0.2) is 36.0 Å². The van der Waals surface area contributed by atoms with Crippen molar-refractivity contribution < 1.29 is 19.0 Å². The standard InChI is InChI=1S/C19H27N3O4/c1-24-12-10-22(11-13-25-2)15-17(14-20)19(23)21-9-8-16-4-6-18(26-3)7-5-16/h4-7,15H,8-13H2,1-3H3,(H,21,23)/b17-15-. The first-order valence-corrected chi connectivity index (χ1v) is 8.39. The van der Waals surface area contributed by atoms with Crippen molar-refractivity contribution in [2.75, 3.05) is 54.2 Å². The molecule has 0 aliphatic rings. The maximum absolute atomic E-state index is 12.2. The SMILES string of the molecule is COCCN(/C=C(/C#N)C(=O)NCCc1ccc(OC)cc1)CCOC. The third-order valence-electron chi connectivity index (χ3n) is 3.70. The average molecular weight is 361 g/mol. The monoisotopic (exact) mass is 361 g/mol. The molecule has 0 saturated carbocycles. The van der Waals surface area contributed by atoms with Crippen molar-refractivity contribution in [1.82, 2.24) is 10.2 Å². The van der Waals surface area contributed by atoms with E-state index in [2.05, 4.69) is 5.32 Å². The zero-order chi connectivity index (χ0) is 19.2. The lowest BCUT2D eigenvalue weighted by molar-refractivity contribution is -0.117. The number of ether oxygens (including phenoxy) is 3. The lowest BCUT2D eigenvalue weighted by Gasteiger charge is -2.20. The minimum Gasteiger partial charge on any atom is -0.497 e. The highest BCUT2D eigenvalue weighted by molar-refractivity contribution is 5.97. The van der Waals surface area contributed by atoms with E-state index in [0.717, 1.165) is 11.3 Å². The highest BCUT2D eigenvalue weighted by Crippen LogP contribution is 2.11. The Morgan fingerprint density at radius 1 is 1.15 bits per heavy atom. The van der Waals surface area contributed by atoms with E-state index in [4.69, 9.17) is 14.2 Å². The van der Waals surface area contributed by atoms with Crippen molar-refractivity contribution >= 4 is 5.91 Å². The van der Waals surface area contributed by atoms with E-state index >= 15 is 0 Å². The van der Waals surface area contributed by atoms with Crippen LogP contribution in [0.2, 0.25) is 0 Å². The van der Waals surface area contributed by atoms with E-state index in [-0.39, 0.29) is 11.5 Å². The van der Waals surface area contributed by atoms with Gasteiger partial charge in [-0.05, 0) is 24.1 Å². The molecule has 7 nitrogen and oxygen atoms in total. The Hall–Kier alpha value is -2.56. The number of hydrogen-bond acceptors (Lipinski definition) is 6. The second-order valence-electron chi connectivity index (χ2n) is 5.53. The van der Waals surface area contributed by atoms with E-state index in [1.807, 2.05) is 35.2 Å². The normalized spacial score (nSPS) is 10.9. The first-order valence-electron chi connectivity index (χ1n) is 8.39. The van der Waals surface area contributed by atoms with E-state index in [1.165, 1.54) is 0 Å². The molecule has 1 aromatic rings. The van der Waals surface area contributed by atoms with E-state index in [1.54, 1.807) is 27.5 Å². The summed E-state index contributed by atoms with van der Waals surface area (Å²) in [5.74, 6) is 0.403. The summed E-state index contributed by atoms with van der Waals surface area (Å²) in [5, 5.41) is 12.1. The summed E-state index contributed by atoms with van der Waals surface area (Å²) in [6.45, 7) is 2.59. The minimum atomic E-state index is -0.388. The first-order chi connectivity index (χ1) is 12.6. The van der Waals surface area contributed by atoms with Crippen LogP contribution in [0.4, 0.5) is 0 Å². The van der Waals surface area contributed by atoms with Gasteiger partial charge in [-0.2, -0.15) is 5.26 Å². The lowest BCUT2D eigenvalue weighted by Crippen LogP contribution is -2.30. The molecule has 1 amide bonds. The second-order valence-corrected chi connectivity index (χ2v) is 5.53. The van der Waals surface area contributed by atoms with Gasteiger partial charge in [0.05, 0.1) is 20.3 Å². The maximum atomic E-state index is 12.2. The molecule has 0 heterocycles. The zero-order valence-electron chi connectivity index (χ0n) is 15.7. The number of carbonyl (C=O) groups excluding carboxylic acids is 1. The van der Waals surface area contributed by atoms with Crippen molar-refractivity contribution in [3.8, 4) is 11.8 Å². The molecule has 7 heteroatoms. The average Bonchev–Trinajstić information content (AvgIpc) is 2.67. The van der Waals surface area contributed by atoms with E-state index in [9.17, 15) is 10.1 Å². The number of nitrogens with zero attached hydrogens (tertiary/aromatic N) is 2. The molecule has 1 N–H and O–H groups in total. The second kappa shape index (κ2) is 12.8. The van der Waals surface area contributed by atoms with Crippen LogP contribution in [-0.2, 0) is 20.7 Å². The molecule has 0 aromatic heterocycles. The van der Waals surface area contributed by atoms with Gasteiger partial charge >= 0.3 is 0 Å². The van der Waals surface area contributed by atoms with Crippen LogP contribution in [0.25, 0.3) is 0 Å². The van der Waals surface area contributed by atoms with Crippen molar-refractivity contribution in [3.63, 3.8) is 0 Å². The molecular formula is C19H27N3O4. The largest absolute Gasteiger partial charge is 0.497 e. The number of hydrogen-bond donors (Lipinski definition) is 1. The molecule has 0 atom stereocenters. The summed E-state index contributed by atoms with van der Waals surface area (Å²) >= 11 is 0. The van der Waals surface area contributed by atoms with Crippen molar-refractivity contribution in [1.29, 1.82) is 5.26 Å². The Labute approximate surface area is 155 Å². The molecular weight excluding hydrogens is 334 g/mol. The summed E-state index contributed by atoms with van der Waals surface area (Å²) in [6.07, 6.45) is 2.23. The number of amides is 1. The van der Waals surface area contributed by atoms with Gasteiger partial charge in [0.1, 0.15) is 17.4 Å². The fourth-order valence-corrected chi connectivity index (χ4v) is 2.19. The molecule has 1 rings (SSSR count). The van der Waals surface area contributed by atoms with Gasteiger partial charge in [-0.25, -0.2) is 0 Å². The van der Waals surface area contributed by atoms with Crippen LogP contribution in [0, 0.1) is 11.3 Å². The molecule has 0 radical (unpaired) electrons. The van der Waals surface area contributed by atoms with Crippen LogP contribution in [0.3, 0.4) is 0 Å². The summed E-state index contributed by atoms with van der Waals surface area (Å²) in [5.41, 5.74) is 1.14. The Morgan fingerprint density at radius 2 is 1.77 bits per heavy atom. The molecule has 1 aromatic carbocycles. The molecule has 0 saturated heterocycles. The number of benzene rings is 1. The minimum absolute atomic E-state index is 0.0620. The Kier molecular flexibility index (Phi) is 10.5. The van der Waals surface area contributed by atoms with Gasteiger partial charge in [-0.3, -0.25) is 4.79 Å². The highest BCUT2D eigenvalue weighted by atomic mass is 16.5. The van der Waals surface area contributed by atoms with E-state index in [0.29, 0.717) is 39.3 Å². The van der Waals surface area contributed by atoms with Gasteiger partial charge in [0, 0.05) is 40.1 Å². The number of methoxy groups -OCH3 is 3. The molecule has 26 heavy (non-hydrogen) atoms. The van der Waals surface area contributed by atoms with E-state index < -0.39 is 0 Å². The van der Waals surface area contributed by atoms with Crippen LogP contribution >= 0.6 is 0 Å². The van der Waals surface area contributed by atoms with Crippen LogP contribution in [-0.4, -0.2) is 65.0 Å². The van der Waals surface area contributed by atoms with Gasteiger partial charge in [-0.15, -0.1) is 0 Å². The van der Waals surface area contributed by atoms with Gasteiger partial charge < -0.3 is 24.4 Å². The molecule has 0 spiro atoms. The summed E-state index contributed by atoms with van der Waals surface area (Å²) in [7, 11) is 4.83. The predicted molar refractivity (Wildman–Crippen MR) is 98.7 cm³/mol.